The molecule has 1 aliphatic heterocycles. The molecule has 1 atom stereocenters. The van der Waals surface area contributed by atoms with Crippen LogP contribution in [0.1, 0.15) is 0 Å². The minimum absolute atomic E-state index is 0.474. The van der Waals surface area contributed by atoms with Gasteiger partial charge >= 0.3 is 0 Å². The fourth-order valence-corrected chi connectivity index (χ4v) is 2.97. The molecule has 0 saturated heterocycles. The number of allylic oxidation sites excluding steroid dienone is 1. The van der Waals surface area contributed by atoms with Crippen molar-refractivity contribution >= 4 is 22.4 Å². The zero-order valence-electron chi connectivity index (χ0n) is 10.4. The highest BCUT2D eigenvalue weighted by molar-refractivity contribution is 7.85. The van der Waals surface area contributed by atoms with Crippen LogP contribution in [0.5, 0.6) is 0 Å². The first-order valence-corrected chi connectivity index (χ1v) is 7.19. The first kappa shape index (κ1) is 13.2. The normalized spacial score (nSPS) is 17.1. The highest BCUT2D eigenvalue weighted by Gasteiger charge is 2.20. The molecule has 0 spiro atoms. The monoisotopic (exact) mass is 282 g/mol. The van der Waals surface area contributed by atoms with E-state index in [1.807, 2.05) is 30.2 Å². The largest absolute Gasteiger partial charge is 0.292 e. The predicted octanol–water partition coefficient (Wildman–Crippen LogP) is 2.64. The molecule has 0 fully saturated rings. The van der Waals surface area contributed by atoms with Gasteiger partial charge in [0.05, 0.1) is 22.2 Å². The van der Waals surface area contributed by atoms with Crippen LogP contribution in [0, 0.1) is 0 Å². The van der Waals surface area contributed by atoms with Gasteiger partial charge in [-0.1, -0.05) is 18.2 Å². The van der Waals surface area contributed by atoms with Gasteiger partial charge in [-0.25, -0.2) is 0 Å². The van der Waals surface area contributed by atoms with Gasteiger partial charge in [0.15, 0.2) is 0 Å². The van der Waals surface area contributed by atoms with Crippen molar-refractivity contribution in [2.45, 2.75) is 4.90 Å². The number of likely N-dealkylation sites (N-methyl/N-ethyl adjacent to an activating group) is 1. The van der Waals surface area contributed by atoms with E-state index in [4.69, 9.17) is 11.6 Å². The first-order valence-electron chi connectivity index (χ1n) is 5.50. The second-order valence-corrected chi connectivity index (χ2v) is 6.01. The topological polar surface area (TPSA) is 23.6 Å². The Bertz CT molecular complexity index is 524. The molecule has 1 heterocycles. The third-order valence-electron chi connectivity index (χ3n) is 2.97. The van der Waals surface area contributed by atoms with Gasteiger partial charge in [0.2, 0.25) is 0 Å². The second-order valence-electron chi connectivity index (χ2n) is 4.12. The van der Waals surface area contributed by atoms with Crippen LogP contribution in [-0.4, -0.2) is 34.1 Å². The van der Waals surface area contributed by atoms with E-state index in [9.17, 15) is 4.21 Å². The van der Waals surface area contributed by atoms with Crippen molar-refractivity contribution in [3.63, 3.8) is 0 Å². The van der Waals surface area contributed by atoms with E-state index in [-0.39, 0.29) is 0 Å². The van der Waals surface area contributed by atoms with E-state index in [0.717, 1.165) is 16.3 Å². The Hall–Kier alpha value is -1.26. The molecule has 18 heavy (non-hydrogen) atoms. The van der Waals surface area contributed by atoms with E-state index >= 15 is 0 Å². The van der Waals surface area contributed by atoms with E-state index < -0.39 is 10.8 Å². The molecular weight excluding hydrogens is 268 g/mol. The summed E-state index contributed by atoms with van der Waals surface area (Å²) in [7, 11) is 2.79. The van der Waals surface area contributed by atoms with E-state index in [1.165, 1.54) is 0 Å². The van der Waals surface area contributed by atoms with Crippen molar-refractivity contribution in [1.82, 2.24) is 10.0 Å². The molecule has 0 amide bonds. The smallest absolute Gasteiger partial charge is 0.0701 e. The fourth-order valence-electron chi connectivity index (χ4n) is 1.70. The average Bonchev–Trinajstić information content (AvgIpc) is 2.58. The lowest BCUT2D eigenvalue weighted by molar-refractivity contribution is 0.134. The zero-order valence-corrected chi connectivity index (χ0v) is 12.0. The number of nitrogens with zero attached hydrogens (tertiary/aromatic N) is 2. The SMILES string of the molecule is C=C1C=C(CS(=O)c2ccc(Cl)cc2)N(C)N1C. The molecule has 0 N–H and O–H groups in total. The third kappa shape index (κ3) is 2.60. The summed E-state index contributed by atoms with van der Waals surface area (Å²) in [6.07, 6.45) is 1.95. The Kier molecular flexibility index (Phi) is 3.78. The quantitative estimate of drug-likeness (QED) is 0.851. The summed E-state index contributed by atoms with van der Waals surface area (Å²) in [6, 6.07) is 7.11. The summed E-state index contributed by atoms with van der Waals surface area (Å²) in [5, 5.41) is 4.53. The van der Waals surface area contributed by atoms with Crippen molar-refractivity contribution in [2.24, 2.45) is 0 Å². The molecule has 2 rings (SSSR count). The summed E-state index contributed by atoms with van der Waals surface area (Å²) in [4.78, 5) is 0.786. The number of hydrogen-bond donors (Lipinski definition) is 0. The Morgan fingerprint density at radius 1 is 1.22 bits per heavy atom. The molecular formula is C13H15ClN2OS. The Balaban J connectivity index is 2.11. The Morgan fingerprint density at radius 3 is 2.33 bits per heavy atom. The first-order chi connectivity index (χ1) is 8.49. The van der Waals surface area contributed by atoms with Gasteiger partial charge in [-0.05, 0) is 30.3 Å². The molecule has 1 aliphatic rings. The number of hydrazine groups is 1. The summed E-state index contributed by atoms with van der Waals surface area (Å²) in [5.74, 6) is 0.474. The van der Waals surface area contributed by atoms with Crippen LogP contribution < -0.4 is 0 Å². The number of hydrogen-bond acceptors (Lipinski definition) is 3. The molecule has 0 aromatic heterocycles. The van der Waals surface area contributed by atoms with E-state index in [1.54, 1.807) is 24.3 Å². The number of halogens is 1. The second kappa shape index (κ2) is 5.16. The fraction of sp³-hybridized carbons (Fsp3) is 0.231. The van der Waals surface area contributed by atoms with Crippen LogP contribution in [0.2, 0.25) is 5.02 Å². The molecule has 0 aliphatic carbocycles. The number of benzene rings is 1. The molecule has 0 bridgehead atoms. The molecule has 0 saturated carbocycles. The van der Waals surface area contributed by atoms with Gasteiger partial charge in [0.1, 0.15) is 0 Å². The van der Waals surface area contributed by atoms with E-state index in [2.05, 4.69) is 6.58 Å². The Labute approximate surface area is 115 Å². The summed E-state index contributed by atoms with van der Waals surface area (Å²) >= 11 is 5.81. The standard InChI is InChI=1S/C13H15ClN2OS/c1-10-8-12(16(3)15(10)2)9-18(17)13-6-4-11(14)5-7-13/h4-8H,1,9H2,2-3H3. The van der Waals surface area contributed by atoms with Crippen LogP contribution in [0.3, 0.4) is 0 Å². The maximum absolute atomic E-state index is 12.2. The van der Waals surface area contributed by atoms with Gasteiger partial charge < -0.3 is 0 Å². The average molecular weight is 283 g/mol. The predicted molar refractivity (Wildman–Crippen MR) is 75.5 cm³/mol. The lowest BCUT2D eigenvalue weighted by Crippen LogP contribution is -2.30. The highest BCUT2D eigenvalue weighted by Crippen LogP contribution is 2.23. The molecule has 0 radical (unpaired) electrons. The molecule has 5 heteroatoms. The van der Waals surface area contributed by atoms with Crippen molar-refractivity contribution in [1.29, 1.82) is 0 Å². The molecule has 1 aromatic carbocycles. The maximum Gasteiger partial charge on any atom is 0.0701 e. The van der Waals surface area contributed by atoms with Crippen LogP contribution in [0.25, 0.3) is 0 Å². The van der Waals surface area contributed by atoms with Crippen LogP contribution >= 0.6 is 11.6 Å². The van der Waals surface area contributed by atoms with Gasteiger partial charge in [-0.3, -0.25) is 14.2 Å². The maximum atomic E-state index is 12.2. The number of rotatable bonds is 3. The lowest BCUT2D eigenvalue weighted by atomic mass is 10.4. The summed E-state index contributed by atoms with van der Waals surface area (Å²) in [6.45, 7) is 3.92. The summed E-state index contributed by atoms with van der Waals surface area (Å²) < 4.78 is 12.2. The molecule has 96 valence electrons. The molecule has 3 nitrogen and oxygen atoms in total. The minimum atomic E-state index is -1.07. The lowest BCUT2D eigenvalue weighted by Gasteiger charge is -2.26. The molecule has 1 unspecified atom stereocenters. The third-order valence-corrected chi connectivity index (χ3v) is 4.58. The van der Waals surface area contributed by atoms with Crippen LogP contribution in [0.15, 0.2) is 53.2 Å². The Morgan fingerprint density at radius 2 is 1.83 bits per heavy atom. The summed E-state index contributed by atoms with van der Waals surface area (Å²) in [5.41, 5.74) is 1.90. The van der Waals surface area contributed by atoms with Crippen molar-refractivity contribution in [3.8, 4) is 0 Å². The van der Waals surface area contributed by atoms with Gasteiger partial charge in [0, 0.05) is 29.7 Å². The van der Waals surface area contributed by atoms with Gasteiger partial charge in [-0.15, -0.1) is 0 Å². The van der Waals surface area contributed by atoms with Crippen LogP contribution in [-0.2, 0) is 10.8 Å². The zero-order chi connectivity index (χ0) is 13.3. The van der Waals surface area contributed by atoms with Crippen LogP contribution in [0.4, 0.5) is 0 Å². The van der Waals surface area contributed by atoms with Crippen molar-refractivity contribution < 1.29 is 4.21 Å². The van der Waals surface area contributed by atoms with E-state index in [0.29, 0.717) is 10.8 Å². The molecule has 1 aromatic rings. The van der Waals surface area contributed by atoms with Crippen molar-refractivity contribution in [3.05, 3.63) is 53.3 Å². The van der Waals surface area contributed by atoms with Gasteiger partial charge in [0.25, 0.3) is 0 Å². The minimum Gasteiger partial charge on any atom is -0.292 e. The van der Waals surface area contributed by atoms with Gasteiger partial charge in [-0.2, -0.15) is 0 Å². The van der Waals surface area contributed by atoms with Crippen molar-refractivity contribution in [2.75, 3.05) is 19.8 Å². The highest BCUT2D eigenvalue weighted by atomic mass is 35.5.